The number of carbonyl (C=O) groups is 1. The van der Waals surface area contributed by atoms with Crippen LogP contribution in [-0.2, 0) is 27.7 Å². The van der Waals surface area contributed by atoms with Gasteiger partial charge in [0.05, 0.1) is 10.6 Å². The Hall–Kier alpha value is -2.72. The second-order valence-corrected chi connectivity index (χ2v) is 11.1. The van der Waals surface area contributed by atoms with Gasteiger partial charge in [0.15, 0.2) is 0 Å². The maximum absolute atomic E-state index is 13.5. The van der Waals surface area contributed by atoms with E-state index < -0.39 is 10.0 Å². The molecule has 0 bridgehead atoms. The lowest BCUT2D eigenvalue weighted by Gasteiger charge is -2.35. The number of anilines is 3. The van der Waals surface area contributed by atoms with Gasteiger partial charge in [0.2, 0.25) is 21.9 Å². The zero-order valence-corrected chi connectivity index (χ0v) is 19.4. The zero-order chi connectivity index (χ0) is 22.6. The van der Waals surface area contributed by atoms with E-state index in [0.29, 0.717) is 50.5 Å². The molecule has 2 fully saturated rings. The minimum absolute atomic E-state index is 0.144. The van der Waals surface area contributed by atoms with Gasteiger partial charge in [-0.25, -0.2) is 13.4 Å². The van der Waals surface area contributed by atoms with Crippen molar-refractivity contribution < 1.29 is 13.2 Å². The van der Waals surface area contributed by atoms with Gasteiger partial charge in [0.1, 0.15) is 5.82 Å². The third kappa shape index (κ3) is 3.56. The van der Waals surface area contributed by atoms with E-state index in [2.05, 4.69) is 14.8 Å². The van der Waals surface area contributed by atoms with Crippen LogP contribution in [0.15, 0.2) is 29.3 Å². The molecule has 0 unspecified atom stereocenters. The Morgan fingerprint density at radius 2 is 1.55 bits per heavy atom. The van der Waals surface area contributed by atoms with Gasteiger partial charge in [-0.15, -0.1) is 0 Å². The van der Waals surface area contributed by atoms with Gasteiger partial charge in [-0.2, -0.15) is 9.29 Å². The molecule has 5 heterocycles. The van der Waals surface area contributed by atoms with E-state index in [9.17, 15) is 13.2 Å². The molecule has 0 radical (unpaired) electrons. The van der Waals surface area contributed by atoms with Crippen LogP contribution in [0.2, 0.25) is 0 Å². The fourth-order valence-electron chi connectivity index (χ4n) is 5.47. The maximum atomic E-state index is 13.5. The van der Waals surface area contributed by atoms with E-state index in [0.717, 1.165) is 48.1 Å². The monoisotopic (exact) mass is 468 g/mol. The lowest BCUT2D eigenvalue weighted by atomic mass is 10.00. The molecule has 4 aliphatic rings. The summed E-state index contributed by atoms with van der Waals surface area (Å²) in [7, 11) is -3.59. The Morgan fingerprint density at radius 1 is 0.818 bits per heavy atom. The fraction of sp³-hybridized carbons (Fsp3) is 0.522. The van der Waals surface area contributed by atoms with Crippen molar-refractivity contribution in [2.24, 2.45) is 0 Å². The standard InChI is InChI=1S/C23H28N6O3S/c30-21-4-3-17-15-19(16-18-6-10-29(21)22(17)18)33(31,32)28-13-11-26(12-14-28)20-5-7-24-23(25-20)27-8-1-2-9-27/h5,7,15-16H,1-4,6,8-14H2. The molecule has 174 valence electrons. The van der Waals surface area contributed by atoms with Crippen molar-refractivity contribution in [3.8, 4) is 0 Å². The highest BCUT2D eigenvalue weighted by Crippen LogP contribution is 2.39. The van der Waals surface area contributed by atoms with Crippen molar-refractivity contribution in [1.82, 2.24) is 14.3 Å². The molecular formula is C23H28N6O3S. The van der Waals surface area contributed by atoms with E-state index in [1.54, 1.807) is 22.6 Å². The van der Waals surface area contributed by atoms with Crippen LogP contribution < -0.4 is 14.7 Å². The van der Waals surface area contributed by atoms with Crippen LogP contribution in [0, 0.1) is 0 Å². The molecule has 0 atom stereocenters. The quantitative estimate of drug-likeness (QED) is 0.670. The number of benzene rings is 1. The minimum atomic E-state index is -3.59. The van der Waals surface area contributed by atoms with Gasteiger partial charge in [-0.1, -0.05) is 0 Å². The van der Waals surface area contributed by atoms with E-state index in [1.165, 1.54) is 12.8 Å². The molecule has 9 nitrogen and oxygen atoms in total. The average molecular weight is 469 g/mol. The molecule has 0 saturated carbocycles. The van der Waals surface area contributed by atoms with Gasteiger partial charge in [0, 0.05) is 58.4 Å². The predicted molar refractivity (Wildman–Crippen MR) is 125 cm³/mol. The topological polar surface area (TPSA) is 90.0 Å². The summed E-state index contributed by atoms with van der Waals surface area (Å²) < 4.78 is 28.6. The number of hydrogen-bond donors (Lipinski definition) is 0. The van der Waals surface area contributed by atoms with Crippen LogP contribution in [-0.4, -0.2) is 74.4 Å². The molecular weight excluding hydrogens is 440 g/mol. The normalized spacial score (nSPS) is 21.1. The first-order chi connectivity index (χ1) is 16.0. The third-order valence-electron chi connectivity index (χ3n) is 7.24. The van der Waals surface area contributed by atoms with Gasteiger partial charge in [-0.3, -0.25) is 4.79 Å². The van der Waals surface area contributed by atoms with Crippen LogP contribution in [0.4, 0.5) is 17.5 Å². The van der Waals surface area contributed by atoms with Crippen LogP contribution in [0.1, 0.15) is 30.4 Å². The zero-order valence-electron chi connectivity index (χ0n) is 18.6. The molecule has 0 aliphatic carbocycles. The highest BCUT2D eigenvalue weighted by molar-refractivity contribution is 7.89. The lowest BCUT2D eigenvalue weighted by Crippen LogP contribution is -2.49. The highest BCUT2D eigenvalue weighted by atomic mass is 32.2. The Labute approximate surface area is 194 Å². The fourth-order valence-corrected chi connectivity index (χ4v) is 6.99. The SMILES string of the molecule is O=C1CCc2cc(S(=O)(=O)N3CCN(c4ccnc(N5CCCC5)n4)CC3)cc3c2N1CC3. The first kappa shape index (κ1) is 20.9. The summed E-state index contributed by atoms with van der Waals surface area (Å²) in [5.74, 6) is 1.76. The van der Waals surface area contributed by atoms with E-state index >= 15 is 0 Å². The van der Waals surface area contributed by atoms with Crippen LogP contribution in [0.3, 0.4) is 0 Å². The first-order valence-electron chi connectivity index (χ1n) is 11.8. The highest BCUT2D eigenvalue weighted by Gasteiger charge is 2.35. The molecule has 1 aromatic carbocycles. The Bertz CT molecular complexity index is 1200. The summed E-state index contributed by atoms with van der Waals surface area (Å²) in [6.07, 6.45) is 5.92. The maximum Gasteiger partial charge on any atom is 0.243 e. The van der Waals surface area contributed by atoms with E-state index in [1.807, 2.05) is 11.0 Å². The predicted octanol–water partition coefficient (Wildman–Crippen LogP) is 1.42. The number of amides is 1. The number of carbonyl (C=O) groups excluding carboxylic acids is 1. The summed E-state index contributed by atoms with van der Waals surface area (Å²) in [6, 6.07) is 5.48. The average Bonchev–Trinajstić information content (AvgIpc) is 3.53. The Balaban J connectivity index is 1.19. The molecule has 2 saturated heterocycles. The van der Waals surface area contributed by atoms with Gasteiger partial charge >= 0.3 is 0 Å². The molecule has 1 aromatic heterocycles. The number of nitrogens with zero attached hydrogens (tertiary/aromatic N) is 6. The molecule has 0 N–H and O–H groups in total. The number of rotatable bonds is 4. The molecule has 10 heteroatoms. The molecule has 33 heavy (non-hydrogen) atoms. The number of aromatic nitrogens is 2. The first-order valence-corrected chi connectivity index (χ1v) is 13.2. The number of hydrogen-bond acceptors (Lipinski definition) is 7. The number of aryl methyl sites for hydroxylation is 1. The minimum Gasteiger partial charge on any atom is -0.354 e. The molecule has 6 rings (SSSR count). The number of piperazine rings is 1. The van der Waals surface area contributed by atoms with Gasteiger partial charge < -0.3 is 14.7 Å². The van der Waals surface area contributed by atoms with Crippen LogP contribution in [0.25, 0.3) is 0 Å². The second-order valence-electron chi connectivity index (χ2n) is 9.19. The molecule has 1 amide bonds. The summed E-state index contributed by atoms with van der Waals surface area (Å²) in [6.45, 7) is 4.66. The third-order valence-corrected chi connectivity index (χ3v) is 9.12. The van der Waals surface area contributed by atoms with Crippen molar-refractivity contribution in [2.75, 3.05) is 60.5 Å². The summed E-state index contributed by atoms with van der Waals surface area (Å²) in [5, 5.41) is 0. The second kappa shape index (κ2) is 7.95. The van der Waals surface area contributed by atoms with Crippen LogP contribution in [0.5, 0.6) is 0 Å². The van der Waals surface area contributed by atoms with Crippen molar-refractivity contribution in [1.29, 1.82) is 0 Å². The lowest BCUT2D eigenvalue weighted by molar-refractivity contribution is -0.118. The van der Waals surface area contributed by atoms with E-state index in [-0.39, 0.29) is 5.91 Å². The summed E-state index contributed by atoms with van der Waals surface area (Å²) in [5.41, 5.74) is 2.91. The smallest absolute Gasteiger partial charge is 0.243 e. The molecule has 4 aliphatic heterocycles. The Kier molecular flexibility index (Phi) is 5.02. The molecule has 0 spiro atoms. The van der Waals surface area contributed by atoms with Crippen LogP contribution >= 0.6 is 0 Å². The van der Waals surface area contributed by atoms with Crippen molar-refractivity contribution in [3.63, 3.8) is 0 Å². The Morgan fingerprint density at radius 3 is 2.30 bits per heavy atom. The largest absolute Gasteiger partial charge is 0.354 e. The van der Waals surface area contributed by atoms with E-state index in [4.69, 9.17) is 4.98 Å². The van der Waals surface area contributed by atoms with Crippen molar-refractivity contribution >= 4 is 33.4 Å². The van der Waals surface area contributed by atoms with Gasteiger partial charge in [-0.05, 0) is 55.0 Å². The molecule has 2 aromatic rings. The number of sulfonamides is 1. The summed E-state index contributed by atoms with van der Waals surface area (Å²) >= 11 is 0. The van der Waals surface area contributed by atoms with Gasteiger partial charge in [0.25, 0.3) is 0 Å². The van der Waals surface area contributed by atoms with Crippen molar-refractivity contribution in [2.45, 2.75) is 37.0 Å². The van der Waals surface area contributed by atoms with Crippen molar-refractivity contribution in [3.05, 3.63) is 35.5 Å². The summed E-state index contributed by atoms with van der Waals surface area (Å²) in [4.78, 5) is 27.9.